The Morgan fingerprint density at radius 3 is 1.48 bits per heavy atom. The number of rotatable bonds is 6. The van der Waals surface area contributed by atoms with Crippen LogP contribution in [0.2, 0.25) is 0 Å². The van der Waals surface area contributed by atoms with Gasteiger partial charge in [0.1, 0.15) is 11.5 Å². The zero-order valence-electron chi connectivity index (χ0n) is 31.3. The Hall–Kier alpha value is -7.40. The largest absolute Gasteiger partial charge is 0.457 e. The Morgan fingerprint density at radius 2 is 0.793 bits per heavy atom. The van der Waals surface area contributed by atoms with Crippen molar-refractivity contribution in [1.82, 2.24) is 9.13 Å². The van der Waals surface area contributed by atoms with Crippen LogP contribution in [0.25, 0.3) is 97.4 Å². The van der Waals surface area contributed by atoms with Crippen LogP contribution in [0, 0.1) is 0 Å². The van der Waals surface area contributed by atoms with Gasteiger partial charge in [-0.2, -0.15) is 0 Å². The minimum atomic E-state index is 0.806. The zero-order chi connectivity index (χ0) is 38.2. The van der Waals surface area contributed by atoms with Gasteiger partial charge in [-0.25, -0.2) is 0 Å². The fraction of sp³-hybridized carbons (Fsp3) is 0. The number of hydrogen-bond acceptors (Lipinski definition) is 2. The molecule has 0 bridgehead atoms. The molecule has 0 unspecified atom stereocenters. The average Bonchev–Trinajstić information content (AvgIpc) is 3.94. The quantitative estimate of drug-likeness (QED) is 0.165. The lowest BCUT2D eigenvalue weighted by Gasteiger charge is -2.12. The first-order valence-electron chi connectivity index (χ1n) is 19.7. The number of nitrogens with zero attached hydrogens (tertiary/aromatic N) is 2. The van der Waals surface area contributed by atoms with Crippen LogP contribution in [0.5, 0.6) is 11.5 Å². The lowest BCUT2D eigenvalue weighted by Crippen LogP contribution is -1.94. The van der Waals surface area contributed by atoms with E-state index in [-0.39, 0.29) is 0 Å². The third-order valence-corrected chi connectivity index (χ3v) is 12.7. The predicted molar refractivity (Wildman–Crippen MR) is 245 cm³/mol. The van der Waals surface area contributed by atoms with Crippen LogP contribution in [0.1, 0.15) is 0 Å². The molecule has 0 fully saturated rings. The van der Waals surface area contributed by atoms with Crippen LogP contribution < -0.4 is 4.74 Å². The van der Waals surface area contributed by atoms with E-state index in [1.807, 2.05) is 11.3 Å². The van der Waals surface area contributed by atoms with Gasteiger partial charge in [0.05, 0.1) is 22.1 Å². The first kappa shape index (κ1) is 32.8. The second kappa shape index (κ2) is 13.1. The molecule has 0 amide bonds. The fourth-order valence-corrected chi connectivity index (χ4v) is 10.00. The van der Waals surface area contributed by atoms with Crippen LogP contribution in [0.3, 0.4) is 0 Å². The predicted octanol–water partition coefficient (Wildman–Crippen LogP) is 15.4. The van der Waals surface area contributed by atoms with Crippen LogP contribution in [0.4, 0.5) is 0 Å². The zero-order valence-corrected chi connectivity index (χ0v) is 32.2. The highest BCUT2D eigenvalue weighted by Gasteiger charge is 2.16. The van der Waals surface area contributed by atoms with Gasteiger partial charge in [0, 0.05) is 53.1 Å². The molecule has 4 heteroatoms. The molecule has 0 radical (unpaired) electrons. The first-order chi connectivity index (χ1) is 28.7. The van der Waals surface area contributed by atoms with Crippen LogP contribution >= 0.6 is 11.3 Å². The smallest absolute Gasteiger partial charge is 0.128 e. The number of hydrogen-bond donors (Lipinski definition) is 0. The Bertz CT molecular complexity index is 3550. The molecule has 3 nitrogen and oxygen atoms in total. The molecule has 3 aromatic heterocycles. The van der Waals surface area contributed by atoms with E-state index in [1.54, 1.807) is 0 Å². The summed E-state index contributed by atoms with van der Waals surface area (Å²) < 4.78 is 14.0. The molecule has 0 aliphatic carbocycles. The number of fused-ring (bicyclic) bond motifs is 9. The summed E-state index contributed by atoms with van der Waals surface area (Å²) in [5, 5.41) is 7.35. The van der Waals surface area contributed by atoms with Crippen LogP contribution in [0.15, 0.2) is 206 Å². The fourth-order valence-electron chi connectivity index (χ4n) is 8.91. The maximum atomic E-state index is 6.67. The third kappa shape index (κ3) is 5.27. The molecular formula is C54H34N2OS. The minimum absolute atomic E-state index is 0.806. The van der Waals surface area contributed by atoms with E-state index < -0.39 is 0 Å². The van der Waals surface area contributed by atoms with Gasteiger partial charge in [0.15, 0.2) is 0 Å². The maximum absolute atomic E-state index is 6.67. The topological polar surface area (TPSA) is 19.1 Å². The van der Waals surface area contributed by atoms with Crippen molar-refractivity contribution in [2.24, 2.45) is 0 Å². The lowest BCUT2D eigenvalue weighted by atomic mass is 9.97. The monoisotopic (exact) mass is 758 g/mol. The molecule has 12 rings (SSSR count). The lowest BCUT2D eigenvalue weighted by molar-refractivity contribution is 0.484. The van der Waals surface area contributed by atoms with Gasteiger partial charge in [-0.15, -0.1) is 11.3 Å². The molecular weight excluding hydrogens is 725 g/mol. The normalized spacial score (nSPS) is 11.8. The molecule has 12 aromatic rings. The van der Waals surface area contributed by atoms with Crippen molar-refractivity contribution in [3.63, 3.8) is 0 Å². The molecule has 0 aliphatic rings. The summed E-state index contributed by atoms with van der Waals surface area (Å²) in [4.78, 5) is 0. The summed E-state index contributed by atoms with van der Waals surface area (Å²) in [6.07, 6.45) is 0. The number of thiophene rings is 1. The minimum Gasteiger partial charge on any atom is -0.457 e. The first-order valence-corrected chi connectivity index (χ1v) is 20.5. The highest BCUT2D eigenvalue weighted by Crippen LogP contribution is 2.40. The standard InChI is InChI=1S/C54H34N2OS/c1-2-15-39(16-3-1)55-49-21-7-4-18-43(49)46-33-41(25-27-51(46)55)57-42-26-28-52-47(34-42)44-19-5-8-22-50(44)56(52)40-17-11-14-37(31-40)35-12-10-13-36(30-35)38-24-29-54-48(32-38)45-20-6-9-23-53(45)58-54/h1-34H. The summed E-state index contributed by atoms with van der Waals surface area (Å²) in [6, 6.07) is 74.1. The van der Waals surface area contributed by atoms with E-state index in [0.717, 1.165) is 50.2 Å². The molecule has 0 atom stereocenters. The van der Waals surface area contributed by atoms with Gasteiger partial charge in [-0.05, 0) is 119 Å². The molecule has 0 aliphatic heterocycles. The van der Waals surface area contributed by atoms with Crippen molar-refractivity contribution in [2.75, 3.05) is 0 Å². The van der Waals surface area contributed by atoms with Crippen molar-refractivity contribution in [3.8, 4) is 45.1 Å². The number of benzene rings is 9. The van der Waals surface area contributed by atoms with E-state index in [0.29, 0.717) is 0 Å². The third-order valence-electron chi connectivity index (χ3n) is 11.5. The van der Waals surface area contributed by atoms with Crippen molar-refractivity contribution in [3.05, 3.63) is 206 Å². The second-order valence-electron chi connectivity index (χ2n) is 14.9. The molecule has 9 aromatic carbocycles. The molecule has 3 heterocycles. The molecule has 58 heavy (non-hydrogen) atoms. The van der Waals surface area contributed by atoms with Crippen molar-refractivity contribution in [2.45, 2.75) is 0 Å². The van der Waals surface area contributed by atoms with E-state index in [9.17, 15) is 0 Å². The summed E-state index contributed by atoms with van der Waals surface area (Å²) in [6.45, 7) is 0. The summed E-state index contributed by atoms with van der Waals surface area (Å²) in [5.41, 5.74) is 11.7. The van der Waals surface area contributed by atoms with E-state index in [2.05, 4.69) is 215 Å². The Labute approximate surface area is 338 Å². The molecule has 0 saturated carbocycles. The van der Waals surface area contributed by atoms with Gasteiger partial charge in [0.2, 0.25) is 0 Å². The Morgan fingerprint density at radius 1 is 0.293 bits per heavy atom. The van der Waals surface area contributed by atoms with Crippen LogP contribution in [-0.4, -0.2) is 9.13 Å². The average molecular weight is 759 g/mol. The second-order valence-corrected chi connectivity index (χ2v) is 16.0. The van der Waals surface area contributed by atoms with Gasteiger partial charge in [-0.3, -0.25) is 0 Å². The van der Waals surface area contributed by atoms with Crippen molar-refractivity contribution >= 4 is 75.1 Å². The number of ether oxygens (including phenoxy) is 1. The van der Waals surface area contributed by atoms with Gasteiger partial charge >= 0.3 is 0 Å². The SMILES string of the molecule is c1ccc(-n2c3ccccc3c3cc(Oc4ccc5c(c4)c4ccccc4n5-c4cccc(-c5cccc(-c6ccc7sc8ccccc8c7c6)c5)c4)ccc32)cc1. The number of aromatic nitrogens is 2. The molecule has 0 spiro atoms. The molecule has 272 valence electrons. The molecule has 0 saturated heterocycles. The number of para-hydroxylation sites is 3. The van der Waals surface area contributed by atoms with E-state index in [4.69, 9.17) is 4.74 Å². The highest BCUT2D eigenvalue weighted by molar-refractivity contribution is 7.25. The maximum Gasteiger partial charge on any atom is 0.128 e. The highest BCUT2D eigenvalue weighted by atomic mass is 32.1. The summed E-state index contributed by atoms with van der Waals surface area (Å²) in [5.74, 6) is 1.62. The summed E-state index contributed by atoms with van der Waals surface area (Å²) in [7, 11) is 0. The van der Waals surface area contributed by atoms with Gasteiger partial charge < -0.3 is 13.9 Å². The van der Waals surface area contributed by atoms with E-state index in [1.165, 1.54) is 58.7 Å². The summed E-state index contributed by atoms with van der Waals surface area (Å²) >= 11 is 1.86. The molecule has 0 N–H and O–H groups in total. The van der Waals surface area contributed by atoms with Crippen molar-refractivity contribution < 1.29 is 4.74 Å². The Kier molecular flexibility index (Phi) is 7.40. The Balaban J connectivity index is 0.910. The van der Waals surface area contributed by atoms with Gasteiger partial charge in [0.25, 0.3) is 0 Å². The van der Waals surface area contributed by atoms with E-state index >= 15 is 0 Å². The van der Waals surface area contributed by atoms with Gasteiger partial charge in [-0.1, -0.05) is 109 Å². The van der Waals surface area contributed by atoms with Crippen LogP contribution in [-0.2, 0) is 0 Å². The van der Waals surface area contributed by atoms with Crippen molar-refractivity contribution in [1.29, 1.82) is 0 Å².